The van der Waals surface area contributed by atoms with E-state index in [0.29, 0.717) is 4.88 Å². The highest BCUT2D eigenvalue weighted by Gasteiger charge is 2.21. The normalized spacial score (nSPS) is 17.0. The lowest BCUT2D eigenvalue weighted by Gasteiger charge is -2.23. The molecule has 0 bridgehead atoms. The third kappa shape index (κ3) is 4.67. The maximum Gasteiger partial charge on any atom is 0.263 e. The van der Waals surface area contributed by atoms with E-state index in [9.17, 15) is 4.79 Å². The van der Waals surface area contributed by atoms with Gasteiger partial charge in [-0.15, -0.1) is 36.2 Å². The molecule has 0 aliphatic carbocycles. The fourth-order valence-corrected chi connectivity index (χ4v) is 3.43. The van der Waals surface area contributed by atoms with E-state index in [1.165, 1.54) is 11.3 Å². The Bertz CT molecular complexity index is 651. The Balaban J connectivity index is 0.00000132. The molecule has 2 N–H and O–H groups in total. The molecule has 1 saturated heterocycles. The van der Waals surface area contributed by atoms with E-state index < -0.39 is 0 Å². The highest BCUT2D eigenvalue weighted by atomic mass is 35.5. The summed E-state index contributed by atoms with van der Waals surface area (Å²) in [7, 11) is 1.87. The van der Waals surface area contributed by atoms with Gasteiger partial charge in [0.15, 0.2) is 0 Å². The number of nitrogens with zero attached hydrogens (tertiary/aromatic N) is 3. The molecule has 2 aromatic rings. The topological polar surface area (TPSA) is 71.8 Å². The molecule has 3 rings (SSSR count). The van der Waals surface area contributed by atoms with Crippen LogP contribution in [0.25, 0.3) is 10.6 Å². The largest absolute Gasteiger partial charge is 0.347 e. The summed E-state index contributed by atoms with van der Waals surface area (Å²) in [5.74, 6) is -0.0196. The molecular weight excluding hydrogens is 357 g/mol. The molecule has 3 heterocycles. The average molecular weight is 378 g/mol. The Kier molecular flexibility index (Phi) is 7.47. The van der Waals surface area contributed by atoms with Crippen LogP contribution in [-0.2, 0) is 7.05 Å². The monoisotopic (exact) mass is 377 g/mol. The van der Waals surface area contributed by atoms with Crippen LogP contribution in [-0.4, -0.2) is 39.8 Å². The molecule has 6 nitrogen and oxygen atoms in total. The highest BCUT2D eigenvalue weighted by Crippen LogP contribution is 2.27. The van der Waals surface area contributed by atoms with Crippen molar-refractivity contribution in [2.45, 2.75) is 25.8 Å². The predicted octanol–water partition coefficient (Wildman–Crippen LogP) is 2.18. The van der Waals surface area contributed by atoms with Crippen molar-refractivity contribution < 1.29 is 4.79 Å². The van der Waals surface area contributed by atoms with Crippen LogP contribution in [0.5, 0.6) is 0 Å². The minimum Gasteiger partial charge on any atom is -0.347 e. The molecular formula is C14H21Cl2N5OS. The standard InChI is InChI=1S/C14H19N5OS.2ClH/c1-9-12(13(20)18-11-4-3-5-15-7-11)21-14(17-9)10-6-16-19(2)8-10;;/h6,8,11,15H,3-5,7H2,1-2H3,(H,18,20);2*1H. The maximum atomic E-state index is 12.4. The molecule has 9 heteroatoms. The van der Waals surface area contributed by atoms with E-state index in [1.54, 1.807) is 10.9 Å². The first kappa shape index (κ1) is 19.9. The molecule has 1 aliphatic rings. The van der Waals surface area contributed by atoms with Gasteiger partial charge in [0.2, 0.25) is 0 Å². The van der Waals surface area contributed by atoms with Crippen LogP contribution in [0.15, 0.2) is 12.4 Å². The molecule has 128 valence electrons. The number of rotatable bonds is 3. The van der Waals surface area contributed by atoms with Gasteiger partial charge in [0.1, 0.15) is 9.88 Å². The first-order valence-electron chi connectivity index (χ1n) is 7.11. The number of piperidine rings is 1. The van der Waals surface area contributed by atoms with Crippen LogP contribution in [0.4, 0.5) is 0 Å². The third-order valence-electron chi connectivity index (χ3n) is 3.59. The zero-order valence-electron chi connectivity index (χ0n) is 13.0. The van der Waals surface area contributed by atoms with Gasteiger partial charge in [-0.1, -0.05) is 0 Å². The number of thiazole rings is 1. The molecule has 0 radical (unpaired) electrons. The van der Waals surface area contributed by atoms with E-state index in [-0.39, 0.29) is 36.8 Å². The molecule has 1 fully saturated rings. The van der Waals surface area contributed by atoms with Gasteiger partial charge in [0.05, 0.1) is 11.9 Å². The zero-order chi connectivity index (χ0) is 14.8. The van der Waals surface area contributed by atoms with Gasteiger partial charge < -0.3 is 10.6 Å². The number of aromatic nitrogens is 3. The Hall–Kier alpha value is -1.15. The quantitative estimate of drug-likeness (QED) is 0.859. The number of carbonyl (C=O) groups excluding carboxylic acids is 1. The minimum absolute atomic E-state index is 0. The molecule has 1 unspecified atom stereocenters. The molecule has 0 saturated carbocycles. The van der Waals surface area contributed by atoms with Crippen molar-refractivity contribution in [2.24, 2.45) is 7.05 Å². The Morgan fingerprint density at radius 1 is 1.48 bits per heavy atom. The van der Waals surface area contributed by atoms with Crippen LogP contribution < -0.4 is 10.6 Å². The van der Waals surface area contributed by atoms with Crippen LogP contribution >= 0.6 is 36.2 Å². The Morgan fingerprint density at radius 2 is 2.26 bits per heavy atom. The van der Waals surface area contributed by atoms with Crippen molar-refractivity contribution in [3.63, 3.8) is 0 Å². The number of carbonyl (C=O) groups is 1. The summed E-state index contributed by atoms with van der Waals surface area (Å²) in [5.41, 5.74) is 1.73. The molecule has 1 amide bonds. The minimum atomic E-state index is -0.0196. The average Bonchev–Trinajstić information content (AvgIpc) is 3.06. The summed E-state index contributed by atoms with van der Waals surface area (Å²) in [6, 6.07) is 0.217. The summed E-state index contributed by atoms with van der Waals surface area (Å²) in [5, 5.41) is 11.4. The van der Waals surface area contributed by atoms with Crippen LogP contribution in [0.1, 0.15) is 28.2 Å². The number of amides is 1. The lowest BCUT2D eigenvalue weighted by Crippen LogP contribution is -2.45. The molecule has 1 atom stereocenters. The molecule has 1 aliphatic heterocycles. The van der Waals surface area contributed by atoms with Crippen LogP contribution in [0.2, 0.25) is 0 Å². The van der Waals surface area contributed by atoms with Gasteiger partial charge in [-0.2, -0.15) is 5.10 Å². The fraction of sp³-hybridized carbons (Fsp3) is 0.500. The summed E-state index contributed by atoms with van der Waals surface area (Å²) in [6.45, 7) is 3.76. The van der Waals surface area contributed by atoms with E-state index >= 15 is 0 Å². The van der Waals surface area contributed by atoms with E-state index in [2.05, 4.69) is 20.7 Å². The van der Waals surface area contributed by atoms with Crippen molar-refractivity contribution >= 4 is 42.1 Å². The number of hydrogen-bond donors (Lipinski definition) is 2. The first-order chi connectivity index (χ1) is 10.1. The van der Waals surface area contributed by atoms with E-state index in [1.807, 2.05) is 20.2 Å². The second-order valence-electron chi connectivity index (χ2n) is 5.35. The lowest BCUT2D eigenvalue weighted by molar-refractivity contribution is 0.0934. The SMILES string of the molecule is Cc1nc(-c2cnn(C)c2)sc1C(=O)NC1CCCNC1.Cl.Cl. The van der Waals surface area contributed by atoms with Gasteiger partial charge in [-0.3, -0.25) is 9.48 Å². The van der Waals surface area contributed by atoms with Crippen molar-refractivity contribution in [1.82, 2.24) is 25.4 Å². The van der Waals surface area contributed by atoms with Crippen LogP contribution in [0, 0.1) is 6.92 Å². The molecule has 2 aromatic heterocycles. The van der Waals surface area contributed by atoms with Gasteiger partial charge in [-0.25, -0.2) is 4.98 Å². The summed E-state index contributed by atoms with van der Waals surface area (Å²) in [6.07, 6.45) is 5.82. The first-order valence-corrected chi connectivity index (χ1v) is 7.93. The maximum absolute atomic E-state index is 12.4. The lowest BCUT2D eigenvalue weighted by atomic mass is 10.1. The van der Waals surface area contributed by atoms with E-state index in [4.69, 9.17) is 0 Å². The zero-order valence-corrected chi connectivity index (χ0v) is 15.5. The molecule has 0 spiro atoms. The number of aryl methyl sites for hydroxylation is 2. The Labute approximate surface area is 151 Å². The summed E-state index contributed by atoms with van der Waals surface area (Å²) >= 11 is 1.43. The Morgan fingerprint density at radius 3 is 2.87 bits per heavy atom. The fourth-order valence-electron chi connectivity index (χ4n) is 2.49. The third-order valence-corrected chi connectivity index (χ3v) is 4.79. The number of hydrogen-bond acceptors (Lipinski definition) is 5. The van der Waals surface area contributed by atoms with Gasteiger partial charge in [0.25, 0.3) is 5.91 Å². The molecule has 23 heavy (non-hydrogen) atoms. The van der Waals surface area contributed by atoms with Gasteiger partial charge in [0, 0.05) is 31.4 Å². The number of halogens is 2. The second kappa shape index (κ2) is 8.63. The number of nitrogens with one attached hydrogen (secondary N) is 2. The van der Waals surface area contributed by atoms with Crippen molar-refractivity contribution in [2.75, 3.05) is 13.1 Å². The smallest absolute Gasteiger partial charge is 0.263 e. The summed E-state index contributed by atoms with van der Waals surface area (Å²) < 4.78 is 1.74. The second-order valence-corrected chi connectivity index (χ2v) is 6.35. The van der Waals surface area contributed by atoms with Crippen molar-refractivity contribution in [3.05, 3.63) is 23.0 Å². The summed E-state index contributed by atoms with van der Waals surface area (Å²) in [4.78, 5) is 17.6. The highest BCUT2D eigenvalue weighted by molar-refractivity contribution is 7.17. The predicted molar refractivity (Wildman–Crippen MR) is 96.9 cm³/mol. The van der Waals surface area contributed by atoms with Crippen LogP contribution in [0.3, 0.4) is 0 Å². The van der Waals surface area contributed by atoms with Gasteiger partial charge >= 0.3 is 0 Å². The van der Waals surface area contributed by atoms with Gasteiger partial charge in [-0.05, 0) is 26.3 Å². The van der Waals surface area contributed by atoms with Crippen molar-refractivity contribution in [1.29, 1.82) is 0 Å². The molecule has 0 aromatic carbocycles. The van der Waals surface area contributed by atoms with E-state index in [0.717, 1.165) is 42.2 Å². The van der Waals surface area contributed by atoms with Crippen molar-refractivity contribution in [3.8, 4) is 10.6 Å².